The highest BCUT2D eigenvalue weighted by Crippen LogP contribution is 2.40. The predicted octanol–water partition coefficient (Wildman–Crippen LogP) is 5.65. The highest BCUT2D eigenvalue weighted by atomic mass is 35.5. The molecule has 0 saturated carbocycles. The number of nitrogens with zero attached hydrogens (tertiary/aromatic N) is 1. The highest BCUT2D eigenvalue weighted by Gasteiger charge is 2.43. The molecule has 1 fully saturated rings. The third-order valence-corrected chi connectivity index (χ3v) is 6.00. The van der Waals surface area contributed by atoms with Crippen molar-refractivity contribution in [2.45, 2.75) is 24.9 Å². The second kappa shape index (κ2) is 9.69. The van der Waals surface area contributed by atoms with E-state index in [0.29, 0.717) is 54.1 Å². The summed E-state index contributed by atoms with van der Waals surface area (Å²) in [6, 6.07) is 16.4. The number of pyridine rings is 1. The fourth-order valence-corrected chi connectivity index (χ4v) is 4.37. The van der Waals surface area contributed by atoms with Gasteiger partial charge >= 0.3 is 0 Å². The van der Waals surface area contributed by atoms with Crippen LogP contribution >= 0.6 is 23.2 Å². The maximum atomic E-state index is 13.5. The van der Waals surface area contributed by atoms with E-state index in [2.05, 4.69) is 10.3 Å². The van der Waals surface area contributed by atoms with Gasteiger partial charge in [-0.05, 0) is 48.7 Å². The molecule has 5 nitrogen and oxygen atoms in total. The first kappa shape index (κ1) is 21.6. The number of hydrogen-bond donors (Lipinski definition) is 1. The van der Waals surface area contributed by atoms with Crippen molar-refractivity contribution in [1.82, 2.24) is 4.98 Å². The number of rotatable bonds is 6. The smallest absolute Gasteiger partial charge is 0.235 e. The molecule has 0 aliphatic carbocycles. The van der Waals surface area contributed by atoms with Gasteiger partial charge in [0, 0.05) is 53.0 Å². The Bertz CT molecular complexity index is 1050. The number of nitrogens with one attached hydrogen (secondary N) is 1. The van der Waals surface area contributed by atoms with Crippen molar-refractivity contribution in [1.29, 1.82) is 0 Å². The van der Waals surface area contributed by atoms with Crippen LogP contribution in [0.25, 0.3) is 0 Å². The number of halogens is 2. The first-order chi connectivity index (χ1) is 15.1. The fourth-order valence-electron chi connectivity index (χ4n) is 3.78. The molecule has 1 saturated heterocycles. The third kappa shape index (κ3) is 5.01. The Balaban J connectivity index is 1.54. The van der Waals surface area contributed by atoms with Gasteiger partial charge in [0.1, 0.15) is 12.4 Å². The van der Waals surface area contributed by atoms with Crippen molar-refractivity contribution in [2.75, 3.05) is 18.5 Å². The fraction of sp³-hybridized carbons (Fsp3) is 0.250. The molecule has 7 heteroatoms. The topological polar surface area (TPSA) is 60.5 Å². The van der Waals surface area contributed by atoms with Gasteiger partial charge < -0.3 is 14.8 Å². The van der Waals surface area contributed by atoms with Crippen molar-refractivity contribution in [3.05, 3.63) is 88.2 Å². The van der Waals surface area contributed by atoms with Crippen LogP contribution in [0.4, 0.5) is 5.69 Å². The van der Waals surface area contributed by atoms with Crippen LogP contribution in [0.2, 0.25) is 10.0 Å². The Morgan fingerprint density at radius 1 is 1.10 bits per heavy atom. The van der Waals surface area contributed by atoms with Gasteiger partial charge in [-0.2, -0.15) is 0 Å². The molecule has 4 rings (SSSR count). The number of carbonyl (C=O) groups is 1. The van der Waals surface area contributed by atoms with Gasteiger partial charge in [0.2, 0.25) is 5.91 Å². The van der Waals surface area contributed by atoms with E-state index in [1.165, 1.54) is 0 Å². The van der Waals surface area contributed by atoms with E-state index in [9.17, 15) is 4.79 Å². The van der Waals surface area contributed by atoms with Crippen molar-refractivity contribution < 1.29 is 14.3 Å². The van der Waals surface area contributed by atoms with E-state index < -0.39 is 5.41 Å². The van der Waals surface area contributed by atoms with Crippen molar-refractivity contribution in [3.8, 4) is 5.75 Å². The molecule has 0 atom stereocenters. The van der Waals surface area contributed by atoms with Crippen molar-refractivity contribution in [2.24, 2.45) is 0 Å². The average molecular weight is 457 g/mol. The molecular formula is C24H22Cl2N2O3. The monoisotopic (exact) mass is 456 g/mol. The molecule has 2 heterocycles. The number of ether oxygens (including phenoxy) is 2. The number of hydrogen-bond acceptors (Lipinski definition) is 4. The average Bonchev–Trinajstić information content (AvgIpc) is 2.79. The Morgan fingerprint density at radius 3 is 2.68 bits per heavy atom. The van der Waals surface area contributed by atoms with E-state index in [1.807, 2.05) is 42.5 Å². The number of amides is 1. The van der Waals surface area contributed by atoms with E-state index in [4.69, 9.17) is 32.7 Å². The van der Waals surface area contributed by atoms with Gasteiger partial charge in [-0.3, -0.25) is 9.78 Å². The molecule has 160 valence electrons. The Kier molecular flexibility index (Phi) is 6.76. The summed E-state index contributed by atoms with van der Waals surface area (Å²) in [5.74, 6) is 0.539. The Morgan fingerprint density at radius 2 is 1.94 bits per heavy atom. The summed E-state index contributed by atoms with van der Waals surface area (Å²) in [5, 5.41) is 4.07. The minimum atomic E-state index is -0.785. The lowest BCUT2D eigenvalue weighted by atomic mass is 9.73. The number of carbonyl (C=O) groups excluding carboxylic acids is 1. The SMILES string of the molecule is O=C(Nc1cccc(OCc2cccnc2)c1)C1(c2ccc(Cl)cc2Cl)CCOCC1. The molecule has 0 radical (unpaired) electrons. The van der Waals surface area contributed by atoms with Gasteiger partial charge in [-0.25, -0.2) is 0 Å². The van der Waals surface area contributed by atoms with Crippen molar-refractivity contribution in [3.63, 3.8) is 0 Å². The van der Waals surface area contributed by atoms with Crippen LogP contribution in [0.3, 0.4) is 0 Å². The first-order valence-electron chi connectivity index (χ1n) is 10.0. The molecule has 2 aromatic carbocycles. The molecule has 1 aliphatic heterocycles. The second-order valence-electron chi connectivity index (χ2n) is 7.45. The maximum absolute atomic E-state index is 13.5. The summed E-state index contributed by atoms with van der Waals surface area (Å²) in [6.07, 6.45) is 4.56. The van der Waals surface area contributed by atoms with E-state index in [0.717, 1.165) is 11.1 Å². The quantitative estimate of drug-likeness (QED) is 0.520. The molecule has 31 heavy (non-hydrogen) atoms. The summed E-state index contributed by atoms with van der Waals surface area (Å²) in [4.78, 5) is 17.6. The number of benzene rings is 2. The second-order valence-corrected chi connectivity index (χ2v) is 8.29. The molecule has 0 bridgehead atoms. The normalized spacial score (nSPS) is 15.3. The molecular weight excluding hydrogens is 435 g/mol. The minimum Gasteiger partial charge on any atom is -0.489 e. The molecule has 1 aromatic heterocycles. The number of aromatic nitrogens is 1. The largest absolute Gasteiger partial charge is 0.489 e. The summed E-state index contributed by atoms with van der Waals surface area (Å²) < 4.78 is 11.4. The zero-order valence-corrected chi connectivity index (χ0v) is 18.3. The summed E-state index contributed by atoms with van der Waals surface area (Å²) in [7, 11) is 0. The molecule has 0 unspecified atom stereocenters. The van der Waals surface area contributed by atoms with Crippen molar-refractivity contribution >= 4 is 34.8 Å². The van der Waals surface area contributed by atoms with Gasteiger partial charge in [-0.15, -0.1) is 0 Å². The van der Waals surface area contributed by atoms with Crippen LogP contribution < -0.4 is 10.1 Å². The summed E-state index contributed by atoms with van der Waals surface area (Å²) in [5.41, 5.74) is 1.61. The Hall–Kier alpha value is -2.60. The molecule has 1 N–H and O–H groups in total. The van der Waals surface area contributed by atoms with Gasteiger partial charge in [0.15, 0.2) is 0 Å². The molecule has 1 aliphatic rings. The van der Waals surface area contributed by atoms with Crippen LogP contribution in [0.5, 0.6) is 5.75 Å². The standard InChI is InChI=1S/C24H22Cl2N2O3/c25-18-6-7-21(22(26)13-18)24(8-11-30-12-9-24)23(29)28-19-4-1-5-20(14-19)31-16-17-3-2-10-27-15-17/h1-7,10,13-15H,8-9,11-12,16H2,(H,28,29). The summed E-state index contributed by atoms with van der Waals surface area (Å²) >= 11 is 12.6. The summed E-state index contributed by atoms with van der Waals surface area (Å²) in [6.45, 7) is 1.37. The first-order valence-corrected chi connectivity index (χ1v) is 10.8. The van der Waals surface area contributed by atoms with Crippen LogP contribution in [-0.4, -0.2) is 24.1 Å². The van der Waals surface area contributed by atoms with Crippen LogP contribution in [-0.2, 0) is 21.6 Å². The van der Waals surface area contributed by atoms with Gasteiger partial charge in [0.25, 0.3) is 0 Å². The lowest BCUT2D eigenvalue weighted by Crippen LogP contribution is -2.45. The lowest BCUT2D eigenvalue weighted by Gasteiger charge is -2.36. The van der Waals surface area contributed by atoms with Crippen LogP contribution in [0, 0.1) is 0 Å². The highest BCUT2D eigenvalue weighted by molar-refractivity contribution is 6.35. The predicted molar refractivity (Wildman–Crippen MR) is 122 cm³/mol. The maximum Gasteiger partial charge on any atom is 0.235 e. The lowest BCUT2D eigenvalue weighted by molar-refractivity contribution is -0.125. The Labute approximate surface area is 191 Å². The zero-order valence-electron chi connectivity index (χ0n) is 16.8. The van der Waals surface area contributed by atoms with Gasteiger partial charge in [-0.1, -0.05) is 41.4 Å². The number of anilines is 1. The van der Waals surface area contributed by atoms with Crippen LogP contribution in [0.15, 0.2) is 67.0 Å². The van der Waals surface area contributed by atoms with Gasteiger partial charge in [0.05, 0.1) is 5.41 Å². The van der Waals surface area contributed by atoms with Crippen LogP contribution in [0.1, 0.15) is 24.0 Å². The molecule has 3 aromatic rings. The van der Waals surface area contributed by atoms with E-state index in [-0.39, 0.29) is 5.91 Å². The zero-order chi connectivity index (χ0) is 21.7. The molecule has 0 spiro atoms. The van der Waals surface area contributed by atoms with E-state index >= 15 is 0 Å². The molecule has 1 amide bonds. The van der Waals surface area contributed by atoms with E-state index in [1.54, 1.807) is 24.5 Å². The minimum absolute atomic E-state index is 0.121. The third-order valence-electron chi connectivity index (χ3n) is 5.45.